The fourth-order valence-electron chi connectivity index (χ4n) is 3.03. The molecule has 0 unspecified atom stereocenters. The first kappa shape index (κ1) is 20.9. The fraction of sp³-hybridized carbons (Fsp3) is 0.0400. The lowest BCUT2D eigenvalue weighted by atomic mass is 9.96. The Morgan fingerprint density at radius 2 is 1.71 bits per heavy atom. The number of rotatable bonds is 5. The van der Waals surface area contributed by atoms with Gasteiger partial charge in [-0.05, 0) is 36.6 Å². The van der Waals surface area contributed by atoms with Gasteiger partial charge in [-0.15, -0.1) is 0 Å². The van der Waals surface area contributed by atoms with Crippen LogP contribution in [0.5, 0.6) is 5.88 Å². The monoisotopic (exact) mass is 402 g/mol. The van der Waals surface area contributed by atoms with Crippen LogP contribution in [0.3, 0.4) is 0 Å². The molecule has 0 aliphatic heterocycles. The second kappa shape index (κ2) is 9.56. The van der Waals surface area contributed by atoms with E-state index in [2.05, 4.69) is 16.0 Å². The number of benzene rings is 2. The van der Waals surface area contributed by atoms with E-state index in [1.54, 1.807) is 55.5 Å². The predicted octanol–water partition coefficient (Wildman–Crippen LogP) is 4.57. The summed E-state index contributed by atoms with van der Waals surface area (Å²) in [6.07, 6.45) is 4.62. The van der Waals surface area contributed by atoms with E-state index in [9.17, 15) is 15.6 Å². The van der Waals surface area contributed by atoms with E-state index < -0.39 is 0 Å². The third-order valence-electron chi connectivity index (χ3n) is 4.50. The fourth-order valence-corrected chi connectivity index (χ4v) is 3.03. The van der Waals surface area contributed by atoms with Gasteiger partial charge in [0.15, 0.2) is 0 Å². The van der Waals surface area contributed by atoms with E-state index in [1.807, 2.05) is 30.3 Å². The summed E-state index contributed by atoms with van der Waals surface area (Å²) in [7, 11) is 0. The summed E-state index contributed by atoms with van der Waals surface area (Å²) < 4.78 is 1.33. The number of para-hydroxylation sites is 1. The number of nitrogens with zero attached hydrogens (tertiary/aromatic N) is 5. The molecule has 3 aromatic rings. The van der Waals surface area contributed by atoms with Gasteiger partial charge >= 0.3 is 0 Å². The van der Waals surface area contributed by atoms with E-state index in [0.29, 0.717) is 22.5 Å². The molecule has 0 radical (unpaired) electrons. The van der Waals surface area contributed by atoms with Crippen LogP contribution in [0.4, 0.5) is 0 Å². The maximum Gasteiger partial charge on any atom is 0.270 e. The Labute approximate surface area is 180 Å². The quantitative estimate of drug-likeness (QED) is 0.355. The normalized spacial score (nSPS) is 12.0. The molecule has 31 heavy (non-hydrogen) atoms. The SMILES string of the molecule is [C-]#[N+]\C(C#N)=C(/C(C#N)=C/C=C/c1c(C)nn(-c2ccccc2)c1[O-])c1ccccc1. The molecule has 6 nitrogen and oxygen atoms in total. The number of aromatic nitrogens is 2. The van der Waals surface area contributed by atoms with Gasteiger partial charge in [-0.25, -0.2) is 14.8 Å². The second-order valence-corrected chi connectivity index (χ2v) is 6.42. The van der Waals surface area contributed by atoms with E-state index in [-0.39, 0.29) is 22.7 Å². The minimum atomic E-state index is -0.274. The minimum Gasteiger partial charge on any atom is -0.858 e. The van der Waals surface area contributed by atoms with Crippen molar-refractivity contribution in [1.82, 2.24) is 9.78 Å². The lowest BCUT2D eigenvalue weighted by molar-refractivity contribution is -0.278. The molecule has 0 amide bonds. The number of hydrogen-bond donors (Lipinski definition) is 0. The third kappa shape index (κ3) is 4.43. The molecule has 6 heteroatoms. The largest absolute Gasteiger partial charge is 0.858 e. The van der Waals surface area contributed by atoms with Crippen molar-refractivity contribution in [1.29, 1.82) is 10.5 Å². The van der Waals surface area contributed by atoms with Gasteiger partial charge in [-0.1, -0.05) is 60.7 Å². The maximum absolute atomic E-state index is 12.8. The summed E-state index contributed by atoms with van der Waals surface area (Å²) in [5, 5.41) is 36.1. The molecule has 0 fully saturated rings. The Kier molecular flexibility index (Phi) is 6.44. The number of nitriles is 2. The maximum atomic E-state index is 12.8. The van der Waals surface area contributed by atoms with Gasteiger partial charge in [-0.3, -0.25) is 0 Å². The highest BCUT2D eigenvalue weighted by Crippen LogP contribution is 2.28. The second-order valence-electron chi connectivity index (χ2n) is 6.42. The highest BCUT2D eigenvalue weighted by atomic mass is 16.3. The zero-order chi connectivity index (χ0) is 22.2. The van der Waals surface area contributed by atoms with Gasteiger partial charge in [0.05, 0.1) is 35.7 Å². The van der Waals surface area contributed by atoms with Crippen molar-refractivity contribution in [3.63, 3.8) is 0 Å². The van der Waals surface area contributed by atoms with E-state index in [0.717, 1.165) is 0 Å². The van der Waals surface area contributed by atoms with Crippen molar-refractivity contribution in [2.45, 2.75) is 6.92 Å². The first-order chi connectivity index (χ1) is 15.1. The van der Waals surface area contributed by atoms with Crippen LogP contribution >= 0.6 is 0 Å². The number of hydrogen-bond acceptors (Lipinski definition) is 4. The smallest absolute Gasteiger partial charge is 0.270 e. The molecular formula is C25H16N5O-. The van der Waals surface area contributed by atoms with Gasteiger partial charge in [0.25, 0.3) is 5.70 Å². The molecule has 0 spiro atoms. The molecule has 1 heterocycles. The Morgan fingerprint density at radius 3 is 2.29 bits per heavy atom. The van der Waals surface area contributed by atoms with E-state index in [1.165, 1.54) is 10.8 Å². The molecule has 0 atom stereocenters. The van der Waals surface area contributed by atoms with Gasteiger partial charge in [-0.2, -0.15) is 10.4 Å². The first-order valence-electron chi connectivity index (χ1n) is 9.28. The van der Waals surface area contributed by atoms with Crippen molar-refractivity contribution in [3.05, 3.63) is 112 Å². The molecule has 3 rings (SSSR count). The Bertz CT molecular complexity index is 1290. The van der Waals surface area contributed by atoms with E-state index in [4.69, 9.17) is 6.57 Å². The van der Waals surface area contributed by atoms with Gasteiger partial charge in [0.2, 0.25) is 0 Å². The van der Waals surface area contributed by atoms with Gasteiger partial charge < -0.3 is 5.11 Å². The molecule has 0 bridgehead atoms. The van der Waals surface area contributed by atoms with Crippen LogP contribution in [0.25, 0.3) is 22.2 Å². The van der Waals surface area contributed by atoms with Crippen molar-refractivity contribution < 1.29 is 5.11 Å². The van der Waals surface area contributed by atoms with Crippen LogP contribution in [0.15, 0.2) is 84.1 Å². The van der Waals surface area contributed by atoms with Gasteiger partial charge in [0, 0.05) is 11.1 Å². The average Bonchev–Trinajstić information content (AvgIpc) is 3.10. The number of allylic oxidation sites excluding steroid dienone is 5. The zero-order valence-electron chi connectivity index (χ0n) is 16.6. The van der Waals surface area contributed by atoms with Crippen molar-refractivity contribution in [2.24, 2.45) is 0 Å². The van der Waals surface area contributed by atoms with Crippen molar-refractivity contribution >= 4 is 11.6 Å². The summed E-state index contributed by atoms with van der Waals surface area (Å²) in [6.45, 7) is 9.03. The standard InChI is InChI=1S/C25H17N5O/c1-18-22(25(31)30(29-18)21-13-7-4-8-14-21)15-9-12-20(16-26)24(23(17-27)28-2)19-10-5-3-6-11-19/h3-15,31H,1H3/p-1/b15-9+,20-12+,24-23-. The van der Waals surface area contributed by atoms with Crippen LogP contribution < -0.4 is 5.11 Å². The highest BCUT2D eigenvalue weighted by molar-refractivity contribution is 5.88. The lowest BCUT2D eigenvalue weighted by Crippen LogP contribution is -2.03. The molecular weight excluding hydrogens is 386 g/mol. The van der Waals surface area contributed by atoms with Crippen molar-refractivity contribution in [2.75, 3.05) is 0 Å². The summed E-state index contributed by atoms with van der Waals surface area (Å²) in [5.41, 5.74) is 2.43. The van der Waals surface area contributed by atoms with Crippen LogP contribution in [0.2, 0.25) is 0 Å². The third-order valence-corrected chi connectivity index (χ3v) is 4.50. The summed E-state index contributed by atoms with van der Waals surface area (Å²) in [6, 6.07) is 21.8. The summed E-state index contributed by atoms with van der Waals surface area (Å²) >= 11 is 0. The topological polar surface area (TPSA) is 92.8 Å². The summed E-state index contributed by atoms with van der Waals surface area (Å²) in [4.78, 5) is 3.27. The van der Waals surface area contributed by atoms with Crippen LogP contribution in [0.1, 0.15) is 16.8 Å². The Balaban J connectivity index is 2.03. The molecule has 148 valence electrons. The molecule has 0 aliphatic rings. The Morgan fingerprint density at radius 1 is 1.06 bits per heavy atom. The lowest BCUT2D eigenvalue weighted by Gasteiger charge is -2.11. The average molecular weight is 402 g/mol. The predicted molar refractivity (Wildman–Crippen MR) is 116 cm³/mol. The molecule has 0 saturated heterocycles. The molecule has 0 N–H and O–H groups in total. The molecule has 2 aromatic carbocycles. The first-order valence-corrected chi connectivity index (χ1v) is 9.28. The van der Waals surface area contributed by atoms with Crippen LogP contribution in [0, 0.1) is 36.2 Å². The van der Waals surface area contributed by atoms with Gasteiger partial charge in [0.1, 0.15) is 0 Å². The highest BCUT2D eigenvalue weighted by Gasteiger charge is 2.14. The van der Waals surface area contributed by atoms with E-state index >= 15 is 0 Å². The molecule has 0 aliphatic carbocycles. The van der Waals surface area contributed by atoms with Crippen molar-refractivity contribution in [3.8, 4) is 23.7 Å². The Hall–Kier alpha value is -4.86. The van der Waals surface area contributed by atoms with Crippen LogP contribution in [-0.4, -0.2) is 9.78 Å². The minimum absolute atomic E-state index is 0.149. The summed E-state index contributed by atoms with van der Waals surface area (Å²) in [5.74, 6) is -0.274. The zero-order valence-corrected chi connectivity index (χ0v) is 16.6. The van der Waals surface area contributed by atoms with Crippen LogP contribution in [-0.2, 0) is 0 Å². The molecule has 0 saturated carbocycles. The molecule has 1 aromatic heterocycles. The number of aryl methyl sites for hydroxylation is 1.